The molecule has 0 bridgehead atoms. The maximum atomic E-state index is 6.11. The second-order valence-electron chi connectivity index (χ2n) is 3.33. The van der Waals surface area contributed by atoms with E-state index in [0.717, 1.165) is 16.7 Å². The van der Waals surface area contributed by atoms with Crippen LogP contribution in [0.2, 0.25) is 0 Å². The molecule has 0 amide bonds. The molecule has 80 valence electrons. The molecule has 15 heavy (non-hydrogen) atoms. The average molecular weight is 287 g/mol. The summed E-state index contributed by atoms with van der Waals surface area (Å²) in [6.07, 6.45) is 0.809. The smallest absolute Gasteiger partial charge is 0.153 e. The summed E-state index contributed by atoms with van der Waals surface area (Å²) in [5.41, 5.74) is 8.29. The summed E-state index contributed by atoms with van der Waals surface area (Å²) in [6.45, 7) is 0. The Balaban J connectivity index is 2.18. The normalized spacial score (nSPS) is 13.0. The van der Waals surface area contributed by atoms with E-state index in [1.807, 2.05) is 7.05 Å². The molecular formula is C9H11BrN4S. The zero-order valence-corrected chi connectivity index (χ0v) is 10.6. The van der Waals surface area contributed by atoms with Gasteiger partial charge in [0.2, 0.25) is 0 Å². The van der Waals surface area contributed by atoms with Gasteiger partial charge in [-0.15, -0.1) is 5.10 Å². The van der Waals surface area contributed by atoms with E-state index in [9.17, 15) is 0 Å². The van der Waals surface area contributed by atoms with Gasteiger partial charge in [-0.1, -0.05) is 5.21 Å². The maximum Gasteiger partial charge on any atom is 0.153 e. The number of thiophene rings is 1. The van der Waals surface area contributed by atoms with Crippen molar-refractivity contribution in [2.45, 2.75) is 12.5 Å². The van der Waals surface area contributed by atoms with Gasteiger partial charge in [-0.05, 0) is 44.7 Å². The highest BCUT2D eigenvalue weighted by atomic mass is 79.9. The van der Waals surface area contributed by atoms with Gasteiger partial charge >= 0.3 is 0 Å². The van der Waals surface area contributed by atoms with Gasteiger partial charge in [0.25, 0.3) is 0 Å². The summed E-state index contributed by atoms with van der Waals surface area (Å²) >= 11 is 5.03. The molecule has 0 radical (unpaired) electrons. The van der Waals surface area contributed by atoms with Crippen LogP contribution in [-0.2, 0) is 13.5 Å². The van der Waals surface area contributed by atoms with Gasteiger partial charge in [0.1, 0.15) is 0 Å². The van der Waals surface area contributed by atoms with Crippen LogP contribution in [0, 0.1) is 0 Å². The van der Waals surface area contributed by atoms with Crippen molar-refractivity contribution in [3.8, 4) is 0 Å². The van der Waals surface area contributed by atoms with E-state index in [-0.39, 0.29) is 6.04 Å². The molecule has 6 heteroatoms. The number of hydrogen-bond donors (Lipinski definition) is 1. The van der Waals surface area contributed by atoms with Crippen LogP contribution in [-0.4, -0.2) is 15.0 Å². The third-order valence-corrected chi connectivity index (χ3v) is 3.51. The molecule has 0 saturated heterocycles. The first-order chi connectivity index (χ1) is 7.18. The van der Waals surface area contributed by atoms with Crippen molar-refractivity contribution in [1.29, 1.82) is 0 Å². The highest BCUT2D eigenvalue weighted by molar-refractivity contribution is 9.10. The standard InChI is InChI=1S/C9H11BrN4S/c1-14-8(9(10)12-13-14)7(11)4-6-2-3-15-5-6/h2-3,5,7H,4,11H2,1H3. The van der Waals surface area contributed by atoms with Gasteiger partial charge in [-0.2, -0.15) is 11.3 Å². The van der Waals surface area contributed by atoms with E-state index in [0.29, 0.717) is 0 Å². The molecule has 0 aromatic carbocycles. The fourth-order valence-electron chi connectivity index (χ4n) is 1.49. The third-order valence-electron chi connectivity index (χ3n) is 2.21. The molecule has 0 aliphatic heterocycles. The van der Waals surface area contributed by atoms with Crippen molar-refractivity contribution >= 4 is 27.3 Å². The average Bonchev–Trinajstić information content (AvgIpc) is 2.77. The van der Waals surface area contributed by atoms with Gasteiger partial charge in [-0.25, -0.2) is 4.68 Å². The SMILES string of the molecule is Cn1nnc(Br)c1C(N)Cc1ccsc1. The lowest BCUT2D eigenvalue weighted by Crippen LogP contribution is -2.17. The first-order valence-electron chi connectivity index (χ1n) is 4.50. The van der Waals surface area contributed by atoms with Gasteiger partial charge in [-0.3, -0.25) is 0 Å². The predicted molar refractivity (Wildman–Crippen MR) is 63.7 cm³/mol. The molecule has 2 rings (SSSR count). The summed E-state index contributed by atoms with van der Waals surface area (Å²) in [5, 5.41) is 12.0. The van der Waals surface area contributed by atoms with E-state index < -0.39 is 0 Å². The summed E-state index contributed by atoms with van der Waals surface area (Å²) in [5.74, 6) is 0. The molecule has 2 aromatic heterocycles. The summed E-state index contributed by atoms with van der Waals surface area (Å²) in [6, 6.07) is 2.01. The molecule has 0 saturated carbocycles. The molecule has 0 aliphatic carbocycles. The van der Waals surface area contributed by atoms with Crippen LogP contribution in [0.4, 0.5) is 0 Å². The number of nitrogens with zero attached hydrogens (tertiary/aromatic N) is 3. The monoisotopic (exact) mass is 286 g/mol. The maximum absolute atomic E-state index is 6.11. The first kappa shape index (κ1) is 10.8. The lowest BCUT2D eigenvalue weighted by Gasteiger charge is -2.10. The fourth-order valence-corrected chi connectivity index (χ4v) is 2.79. The molecular weight excluding hydrogens is 276 g/mol. The zero-order valence-electron chi connectivity index (χ0n) is 8.22. The second-order valence-corrected chi connectivity index (χ2v) is 4.86. The Labute approximate surface area is 100 Å². The number of halogens is 1. The minimum absolute atomic E-state index is 0.0750. The van der Waals surface area contributed by atoms with Gasteiger partial charge in [0.15, 0.2) is 4.60 Å². The molecule has 2 aromatic rings. The molecule has 0 fully saturated rings. The van der Waals surface area contributed by atoms with Crippen molar-refractivity contribution in [2.24, 2.45) is 12.8 Å². The van der Waals surface area contributed by atoms with E-state index in [2.05, 4.69) is 43.1 Å². The second kappa shape index (κ2) is 4.42. The topological polar surface area (TPSA) is 56.7 Å². The Bertz CT molecular complexity index is 417. The summed E-state index contributed by atoms with van der Waals surface area (Å²) in [7, 11) is 1.85. The van der Waals surface area contributed by atoms with Gasteiger partial charge in [0.05, 0.1) is 11.7 Å². The van der Waals surface area contributed by atoms with E-state index in [4.69, 9.17) is 5.73 Å². The summed E-state index contributed by atoms with van der Waals surface area (Å²) in [4.78, 5) is 0. The Morgan fingerprint density at radius 3 is 3.00 bits per heavy atom. The van der Waals surface area contributed by atoms with E-state index in [1.54, 1.807) is 16.0 Å². The van der Waals surface area contributed by atoms with Crippen molar-refractivity contribution in [3.05, 3.63) is 32.7 Å². The Morgan fingerprint density at radius 1 is 1.67 bits per heavy atom. The highest BCUT2D eigenvalue weighted by Crippen LogP contribution is 2.22. The Kier molecular flexibility index (Phi) is 3.18. The molecule has 4 nitrogen and oxygen atoms in total. The number of aryl methyl sites for hydroxylation is 1. The van der Waals surface area contributed by atoms with E-state index >= 15 is 0 Å². The van der Waals surface area contributed by atoms with Crippen molar-refractivity contribution in [1.82, 2.24) is 15.0 Å². The molecule has 1 atom stereocenters. The van der Waals surface area contributed by atoms with Crippen molar-refractivity contribution in [3.63, 3.8) is 0 Å². The third kappa shape index (κ3) is 2.27. The van der Waals surface area contributed by atoms with E-state index in [1.165, 1.54) is 5.56 Å². The molecule has 2 N–H and O–H groups in total. The number of nitrogens with two attached hydrogens (primary N) is 1. The number of aromatic nitrogens is 3. The highest BCUT2D eigenvalue weighted by Gasteiger charge is 2.16. The Morgan fingerprint density at radius 2 is 2.47 bits per heavy atom. The van der Waals surface area contributed by atoms with Crippen LogP contribution in [0.5, 0.6) is 0 Å². The van der Waals surface area contributed by atoms with Crippen LogP contribution in [0.3, 0.4) is 0 Å². The Hall–Kier alpha value is -0.720. The van der Waals surface area contributed by atoms with Crippen LogP contribution >= 0.6 is 27.3 Å². The number of rotatable bonds is 3. The minimum atomic E-state index is -0.0750. The minimum Gasteiger partial charge on any atom is -0.322 e. The van der Waals surface area contributed by atoms with Crippen LogP contribution in [0.1, 0.15) is 17.3 Å². The predicted octanol–water partition coefficient (Wildman–Crippen LogP) is 1.88. The van der Waals surface area contributed by atoms with Crippen molar-refractivity contribution < 1.29 is 0 Å². The van der Waals surface area contributed by atoms with Crippen LogP contribution in [0.15, 0.2) is 21.4 Å². The van der Waals surface area contributed by atoms with Crippen molar-refractivity contribution in [2.75, 3.05) is 0 Å². The quantitative estimate of drug-likeness (QED) is 0.937. The lowest BCUT2D eigenvalue weighted by molar-refractivity contribution is 0.606. The van der Waals surface area contributed by atoms with Gasteiger partial charge < -0.3 is 5.73 Å². The molecule has 2 heterocycles. The lowest BCUT2D eigenvalue weighted by atomic mass is 10.1. The molecule has 1 unspecified atom stereocenters. The van der Waals surface area contributed by atoms with Crippen LogP contribution < -0.4 is 5.73 Å². The fraction of sp³-hybridized carbons (Fsp3) is 0.333. The largest absolute Gasteiger partial charge is 0.322 e. The zero-order chi connectivity index (χ0) is 10.8. The number of hydrogen-bond acceptors (Lipinski definition) is 4. The summed E-state index contributed by atoms with van der Waals surface area (Å²) < 4.78 is 2.44. The first-order valence-corrected chi connectivity index (χ1v) is 6.24. The van der Waals surface area contributed by atoms with Crippen LogP contribution in [0.25, 0.3) is 0 Å². The van der Waals surface area contributed by atoms with Gasteiger partial charge in [0, 0.05) is 7.05 Å². The molecule has 0 aliphatic rings. The molecule has 0 spiro atoms.